The molecule has 0 bridgehead atoms. The second-order valence-corrected chi connectivity index (χ2v) is 5.52. The number of aliphatic hydroxyl groups is 1. The molecule has 86 valence electrons. The Labute approximate surface area is 95.6 Å². The summed E-state index contributed by atoms with van der Waals surface area (Å²) in [4.78, 5) is 5.52. The van der Waals surface area contributed by atoms with Gasteiger partial charge in [-0.25, -0.2) is 4.98 Å². The molecule has 0 aromatic carbocycles. The number of hydrogen-bond donors (Lipinski definition) is 2. The first kappa shape index (κ1) is 12.6. The molecule has 4 heteroatoms. The summed E-state index contributed by atoms with van der Waals surface area (Å²) in [5, 5.41) is 14.0. The average molecular weight is 228 g/mol. The van der Waals surface area contributed by atoms with Crippen molar-refractivity contribution in [1.29, 1.82) is 0 Å². The van der Waals surface area contributed by atoms with Crippen LogP contribution in [0.3, 0.4) is 0 Å². The molecule has 0 spiro atoms. The van der Waals surface area contributed by atoms with Gasteiger partial charge >= 0.3 is 0 Å². The van der Waals surface area contributed by atoms with Crippen LogP contribution in [-0.2, 0) is 13.0 Å². The van der Waals surface area contributed by atoms with Crippen molar-refractivity contribution < 1.29 is 5.11 Å². The molecule has 1 unspecified atom stereocenters. The molecule has 1 rings (SSSR count). The van der Waals surface area contributed by atoms with E-state index in [0.717, 1.165) is 13.0 Å². The fourth-order valence-electron chi connectivity index (χ4n) is 1.06. The van der Waals surface area contributed by atoms with Gasteiger partial charge in [-0.3, -0.25) is 0 Å². The molecule has 1 heterocycles. The van der Waals surface area contributed by atoms with Crippen LogP contribution in [0.4, 0.5) is 0 Å². The molecule has 1 atom stereocenters. The highest BCUT2D eigenvalue weighted by atomic mass is 32.1. The third kappa shape index (κ3) is 3.55. The van der Waals surface area contributed by atoms with Gasteiger partial charge in [0.15, 0.2) is 0 Å². The lowest BCUT2D eigenvalue weighted by Crippen LogP contribution is -2.47. The van der Waals surface area contributed by atoms with Gasteiger partial charge in [0.1, 0.15) is 0 Å². The van der Waals surface area contributed by atoms with Gasteiger partial charge in [-0.1, -0.05) is 6.92 Å². The number of aromatic nitrogens is 1. The zero-order valence-electron chi connectivity index (χ0n) is 9.87. The third-order valence-corrected chi connectivity index (χ3v) is 3.81. The molecule has 3 nitrogen and oxygen atoms in total. The van der Waals surface area contributed by atoms with Crippen LogP contribution < -0.4 is 5.32 Å². The number of aliphatic hydroxyl groups excluding tert-OH is 1. The van der Waals surface area contributed by atoms with E-state index in [1.54, 1.807) is 18.3 Å². The van der Waals surface area contributed by atoms with E-state index < -0.39 is 0 Å². The third-order valence-electron chi connectivity index (χ3n) is 2.67. The maximum Gasteiger partial charge on any atom is 0.0925 e. The second-order valence-electron chi connectivity index (χ2n) is 4.33. The number of aryl methyl sites for hydroxylation is 1. The number of nitrogens with zero attached hydrogens (tertiary/aromatic N) is 1. The lowest BCUT2D eigenvalue weighted by atomic mass is 9.99. The Morgan fingerprint density at radius 3 is 2.73 bits per heavy atom. The van der Waals surface area contributed by atoms with Crippen LogP contribution >= 0.6 is 11.3 Å². The molecule has 0 aliphatic heterocycles. The molecule has 1 aromatic rings. The molecule has 0 fully saturated rings. The van der Waals surface area contributed by atoms with E-state index in [-0.39, 0.29) is 11.6 Å². The van der Waals surface area contributed by atoms with Gasteiger partial charge in [0.2, 0.25) is 0 Å². The van der Waals surface area contributed by atoms with Crippen LogP contribution in [0, 0.1) is 0 Å². The van der Waals surface area contributed by atoms with Crippen molar-refractivity contribution in [3.8, 4) is 0 Å². The largest absolute Gasteiger partial charge is 0.392 e. The highest BCUT2D eigenvalue weighted by Crippen LogP contribution is 2.15. The maximum atomic E-state index is 9.53. The summed E-state index contributed by atoms with van der Waals surface area (Å²) in [6.07, 6.45) is 2.54. The molecule has 0 amide bonds. The molecule has 0 aliphatic rings. The van der Waals surface area contributed by atoms with Crippen LogP contribution in [0.15, 0.2) is 6.20 Å². The molecular formula is C11H20N2OS. The Morgan fingerprint density at radius 2 is 2.27 bits per heavy atom. The van der Waals surface area contributed by atoms with Gasteiger partial charge in [-0.2, -0.15) is 0 Å². The van der Waals surface area contributed by atoms with Crippen molar-refractivity contribution in [2.24, 2.45) is 0 Å². The van der Waals surface area contributed by atoms with Crippen molar-refractivity contribution in [2.75, 3.05) is 0 Å². The first-order valence-electron chi connectivity index (χ1n) is 5.32. The van der Waals surface area contributed by atoms with Crippen LogP contribution in [0.25, 0.3) is 0 Å². The van der Waals surface area contributed by atoms with Crippen molar-refractivity contribution in [2.45, 2.75) is 52.3 Å². The molecule has 0 aliphatic carbocycles. The molecule has 15 heavy (non-hydrogen) atoms. The highest BCUT2D eigenvalue weighted by Gasteiger charge is 2.23. The summed E-state index contributed by atoms with van der Waals surface area (Å²) < 4.78 is 0. The predicted molar refractivity (Wildman–Crippen MR) is 64.1 cm³/mol. The molecule has 0 saturated carbocycles. The zero-order chi connectivity index (χ0) is 11.5. The summed E-state index contributed by atoms with van der Waals surface area (Å²) >= 11 is 1.73. The van der Waals surface area contributed by atoms with Gasteiger partial charge < -0.3 is 10.4 Å². The van der Waals surface area contributed by atoms with Crippen LogP contribution in [0.5, 0.6) is 0 Å². The van der Waals surface area contributed by atoms with Crippen LogP contribution in [0.1, 0.15) is 37.6 Å². The summed E-state index contributed by atoms with van der Waals surface area (Å²) in [5.41, 5.74) is -0.254. The Kier molecular flexibility index (Phi) is 4.25. The van der Waals surface area contributed by atoms with Gasteiger partial charge in [0, 0.05) is 23.2 Å². The minimum Gasteiger partial charge on any atom is -0.392 e. The zero-order valence-corrected chi connectivity index (χ0v) is 10.7. The fraction of sp³-hybridized carbons (Fsp3) is 0.727. The Balaban J connectivity index is 2.50. The quantitative estimate of drug-likeness (QED) is 0.809. The smallest absolute Gasteiger partial charge is 0.0925 e. The van der Waals surface area contributed by atoms with E-state index in [0.29, 0.717) is 0 Å². The molecule has 0 saturated heterocycles. The van der Waals surface area contributed by atoms with Crippen molar-refractivity contribution in [3.63, 3.8) is 0 Å². The number of hydrogen-bond acceptors (Lipinski definition) is 4. The van der Waals surface area contributed by atoms with E-state index in [2.05, 4.69) is 17.2 Å². The van der Waals surface area contributed by atoms with Gasteiger partial charge in [-0.05, 0) is 27.2 Å². The first-order chi connectivity index (χ1) is 6.95. The summed E-state index contributed by atoms with van der Waals surface area (Å²) in [6.45, 7) is 8.68. The summed E-state index contributed by atoms with van der Waals surface area (Å²) in [5.74, 6) is 0. The number of nitrogens with one attached hydrogen (secondary N) is 1. The number of rotatable bonds is 5. The maximum absolute atomic E-state index is 9.53. The van der Waals surface area contributed by atoms with E-state index >= 15 is 0 Å². The lowest BCUT2D eigenvalue weighted by molar-refractivity contribution is 0.0958. The summed E-state index contributed by atoms with van der Waals surface area (Å²) in [7, 11) is 0. The van der Waals surface area contributed by atoms with Crippen LogP contribution in [0.2, 0.25) is 0 Å². The van der Waals surface area contributed by atoms with E-state index in [4.69, 9.17) is 0 Å². The van der Waals surface area contributed by atoms with Gasteiger partial charge in [0.05, 0.1) is 11.1 Å². The average Bonchev–Trinajstić information content (AvgIpc) is 2.62. The summed E-state index contributed by atoms with van der Waals surface area (Å²) in [6, 6.07) is 0. The lowest BCUT2D eigenvalue weighted by Gasteiger charge is -2.29. The van der Waals surface area contributed by atoms with Crippen molar-refractivity contribution in [3.05, 3.63) is 16.1 Å². The second kappa shape index (κ2) is 5.05. The normalized spacial score (nSPS) is 14.2. The fourth-order valence-corrected chi connectivity index (χ4v) is 1.86. The first-order valence-corrected chi connectivity index (χ1v) is 6.14. The molecular weight excluding hydrogens is 208 g/mol. The minimum absolute atomic E-state index is 0.254. The Bertz CT molecular complexity index is 307. The minimum atomic E-state index is -0.365. The highest BCUT2D eigenvalue weighted by molar-refractivity contribution is 7.11. The Hall–Kier alpha value is -0.450. The van der Waals surface area contributed by atoms with E-state index in [1.165, 1.54) is 9.88 Å². The monoisotopic (exact) mass is 228 g/mol. The molecule has 1 aromatic heterocycles. The van der Waals surface area contributed by atoms with Crippen molar-refractivity contribution in [1.82, 2.24) is 10.3 Å². The van der Waals surface area contributed by atoms with E-state index in [1.807, 2.05) is 20.0 Å². The molecule has 2 N–H and O–H groups in total. The van der Waals surface area contributed by atoms with Gasteiger partial charge in [-0.15, -0.1) is 11.3 Å². The molecule has 0 radical (unpaired) electrons. The predicted octanol–water partition coefficient (Wildman–Crippen LogP) is 1.95. The topological polar surface area (TPSA) is 45.2 Å². The SMILES string of the molecule is CCc1ncc(CNC(C)(C)C(C)O)s1. The van der Waals surface area contributed by atoms with Gasteiger partial charge in [0.25, 0.3) is 0 Å². The van der Waals surface area contributed by atoms with Crippen molar-refractivity contribution >= 4 is 11.3 Å². The van der Waals surface area contributed by atoms with Crippen LogP contribution in [-0.4, -0.2) is 21.7 Å². The standard InChI is InChI=1S/C11H20N2OS/c1-5-10-12-6-9(15-10)7-13-11(3,4)8(2)14/h6,8,13-14H,5,7H2,1-4H3. The number of thiazole rings is 1. The van der Waals surface area contributed by atoms with E-state index in [9.17, 15) is 5.11 Å². The Morgan fingerprint density at radius 1 is 1.60 bits per heavy atom.